The van der Waals surface area contributed by atoms with Crippen LogP contribution >= 0.6 is 0 Å². The van der Waals surface area contributed by atoms with Gasteiger partial charge in [0.25, 0.3) is 15.9 Å². The first-order chi connectivity index (χ1) is 19.0. The standard InChI is InChI=1S/C31H31N3O4S/c1-38-29-12-8-9-25(23-29)24-34(39(36,37)30-13-6-3-7-14-30)28-17-15-26(16-18-28)31(35)33-21-19-32(20-22-33)27-10-4-2-5-11-27/h2-18,23H,19-22,24H2,1H3. The fourth-order valence-corrected chi connectivity index (χ4v) is 6.20. The van der Waals surface area contributed by atoms with Gasteiger partial charge in [0.15, 0.2) is 0 Å². The number of sulfonamides is 1. The Morgan fingerprint density at radius 1 is 0.795 bits per heavy atom. The lowest BCUT2D eigenvalue weighted by molar-refractivity contribution is 0.0747. The van der Waals surface area contributed by atoms with Crippen molar-refractivity contribution in [1.29, 1.82) is 0 Å². The average Bonchev–Trinajstić information content (AvgIpc) is 3.00. The molecule has 0 saturated carbocycles. The topological polar surface area (TPSA) is 70.2 Å². The van der Waals surface area contributed by atoms with Crippen LogP contribution in [0.5, 0.6) is 5.75 Å². The van der Waals surface area contributed by atoms with Gasteiger partial charge >= 0.3 is 0 Å². The highest BCUT2D eigenvalue weighted by Crippen LogP contribution is 2.28. The molecular weight excluding hydrogens is 510 g/mol. The van der Waals surface area contributed by atoms with E-state index in [1.54, 1.807) is 61.7 Å². The molecule has 39 heavy (non-hydrogen) atoms. The maximum atomic E-state index is 13.7. The molecule has 0 unspecified atom stereocenters. The summed E-state index contributed by atoms with van der Waals surface area (Å²) in [7, 11) is -2.29. The molecule has 0 aromatic heterocycles. The Kier molecular flexibility index (Phi) is 7.84. The van der Waals surface area contributed by atoms with E-state index in [2.05, 4.69) is 17.0 Å². The Hall–Kier alpha value is -4.30. The molecule has 0 radical (unpaired) electrons. The fourth-order valence-electron chi connectivity index (χ4n) is 4.73. The summed E-state index contributed by atoms with van der Waals surface area (Å²) in [5, 5.41) is 0. The Morgan fingerprint density at radius 3 is 2.08 bits per heavy atom. The molecule has 1 saturated heterocycles. The third kappa shape index (κ3) is 5.91. The van der Waals surface area contributed by atoms with E-state index < -0.39 is 10.0 Å². The van der Waals surface area contributed by atoms with E-state index >= 15 is 0 Å². The summed E-state index contributed by atoms with van der Waals surface area (Å²) in [4.78, 5) is 17.6. The molecule has 5 rings (SSSR count). The summed E-state index contributed by atoms with van der Waals surface area (Å²) < 4.78 is 34.1. The summed E-state index contributed by atoms with van der Waals surface area (Å²) in [6, 6.07) is 32.7. The highest BCUT2D eigenvalue weighted by molar-refractivity contribution is 7.92. The Balaban J connectivity index is 1.36. The number of hydrogen-bond acceptors (Lipinski definition) is 5. The van der Waals surface area contributed by atoms with Crippen LogP contribution in [0.4, 0.5) is 11.4 Å². The first-order valence-electron chi connectivity index (χ1n) is 12.9. The monoisotopic (exact) mass is 541 g/mol. The van der Waals surface area contributed by atoms with Crippen LogP contribution in [0.15, 0.2) is 114 Å². The molecule has 4 aromatic carbocycles. The predicted molar refractivity (Wildman–Crippen MR) is 154 cm³/mol. The van der Waals surface area contributed by atoms with Gasteiger partial charge in [-0.15, -0.1) is 0 Å². The minimum Gasteiger partial charge on any atom is -0.497 e. The van der Waals surface area contributed by atoms with Gasteiger partial charge in [-0.05, 0) is 66.2 Å². The van der Waals surface area contributed by atoms with Crippen molar-refractivity contribution in [2.75, 3.05) is 42.5 Å². The number of piperazine rings is 1. The second-order valence-electron chi connectivity index (χ2n) is 9.34. The predicted octanol–water partition coefficient (Wildman–Crippen LogP) is 5.05. The van der Waals surface area contributed by atoms with Crippen molar-refractivity contribution < 1.29 is 17.9 Å². The maximum absolute atomic E-state index is 13.7. The second kappa shape index (κ2) is 11.6. The number of hydrogen-bond donors (Lipinski definition) is 0. The minimum atomic E-state index is -3.87. The van der Waals surface area contributed by atoms with Crippen LogP contribution in [0.1, 0.15) is 15.9 Å². The van der Waals surface area contributed by atoms with Gasteiger partial charge in [0, 0.05) is 37.4 Å². The number of rotatable bonds is 8. The van der Waals surface area contributed by atoms with Crippen LogP contribution in [-0.2, 0) is 16.6 Å². The van der Waals surface area contributed by atoms with Crippen LogP contribution in [-0.4, -0.2) is 52.5 Å². The van der Waals surface area contributed by atoms with E-state index in [0.717, 1.165) is 24.3 Å². The Labute approximate surface area is 229 Å². The van der Waals surface area contributed by atoms with Crippen LogP contribution in [0.2, 0.25) is 0 Å². The summed E-state index contributed by atoms with van der Waals surface area (Å²) >= 11 is 0. The van der Waals surface area contributed by atoms with Gasteiger partial charge in [-0.2, -0.15) is 0 Å². The van der Waals surface area contributed by atoms with Crippen molar-refractivity contribution in [3.8, 4) is 5.75 Å². The van der Waals surface area contributed by atoms with E-state index in [9.17, 15) is 13.2 Å². The molecule has 0 atom stereocenters. The molecular formula is C31H31N3O4S. The van der Waals surface area contributed by atoms with Gasteiger partial charge < -0.3 is 14.5 Å². The fraction of sp³-hybridized carbons (Fsp3) is 0.194. The average molecular weight is 542 g/mol. The first kappa shape index (κ1) is 26.3. The summed E-state index contributed by atoms with van der Waals surface area (Å²) in [5.41, 5.74) is 2.95. The zero-order valence-corrected chi connectivity index (χ0v) is 22.6. The number of amides is 1. The number of benzene rings is 4. The zero-order valence-electron chi connectivity index (χ0n) is 21.8. The molecule has 1 fully saturated rings. The highest BCUT2D eigenvalue weighted by Gasteiger charge is 2.27. The van der Waals surface area contributed by atoms with Gasteiger partial charge in [0.2, 0.25) is 0 Å². The quantitative estimate of drug-likeness (QED) is 0.312. The molecule has 1 aliphatic heterocycles. The lowest BCUT2D eigenvalue weighted by Gasteiger charge is -2.36. The summed E-state index contributed by atoms with van der Waals surface area (Å²) in [6.07, 6.45) is 0. The van der Waals surface area contributed by atoms with Gasteiger partial charge in [0.1, 0.15) is 5.75 Å². The van der Waals surface area contributed by atoms with E-state index in [1.165, 1.54) is 4.31 Å². The number of carbonyl (C=O) groups excluding carboxylic acids is 1. The largest absolute Gasteiger partial charge is 0.497 e. The molecule has 0 aliphatic carbocycles. The smallest absolute Gasteiger partial charge is 0.264 e. The number of anilines is 2. The van der Waals surface area contributed by atoms with Crippen molar-refractivity contribution in [3.63, 3.8) is 0 Å². The molecule has 1 heterocycles. The Bertz CT molecular complexity index is 1500. The molecule has 1 aliphatic rings. The van der Waals surface area contributed by atoms with Gasteiger partial charge in [0.05, 0.1) is 24.2 Å². The van der Waals surface area contributed by atoms with Crippen molar-refractivity contribution >= 4 is 27.3 Å². The third-order valence-electron chi connectivity index (χ3n) is 6.88. The van der Waals surface area contributed by atoms with Gasteiger partial charge in [-0.1, -0.05) is 48.5 Å². The second-order valence-corrected chi connectivity index (χ2v) is 11.2. The molecule has 200 valence electrons. The molecule has 0 N–H and O–H groups in total. The van der Waals surface area contributed by atoms with Gasteiger partial charge in [-0.25, -0.2) is 8.42 Å². The van der Waals surface area contributed by atoms with Crippen molar-refractivity contribution in [2.24, 2.45) is 0 Å². The summed E-state index contributed by atoms with van der Waals surface area (Å²) in [5.74, 6) is 0.595. The molecule has 8 heteroatoms. The lowest BCUT2D eigenvalue weighted by Crippen LogP contribution is -2.48. The molecule has 1 amide bonds. The van der Waals surface area contributed by atoms with E-state index in [0.29, 0.717) is 30.1 Å². The number of ether oxygens (including phenoxy) is 1. The normalized spacial score (nSPS) is 13.7. The number of methoxy groups -OCH3 is 1. The molecule has 0 bridgehead atoms. The number of para-hydroxylation sites is 1. The van der Waals surface area contributed by atoms with Gasteiger partial charge in [-0.3, -0.25) is 9.10 Å². The van der Waals surface area contributed by atoms with Crippen LogP contribution in [0.25, 0.3) is 0 Å². The summed E-state index contributed by atoms with van der Waals surface area (Å²) in [6.45, 7) is 2.89. The van der Waals surface area contributed by atoms with E-state index in [-0.39, 0.29) is 17.3 Å². The maximum Gasteiger partial charge on any atom is 0.264 e. The number of nitrogens with zero attached hydrogens (tertiary/aromatic N) is 3. The minimum absolute atomic E-state index is 0.0560. The van der Waals surface area contributed by atoms with Crippen molar-refractivity contribution in [3.05, 3.63) is 120 Å². The lowest BCUT2D eigenvalue weighted by atomic mass is 10.1. The zero-order chi connectivity index (χ0) is 27.2. The van der Waals surface area contributed by atoms with E-state index in [4.69, 9.17) is 4.74 Å². The van der Waals surface area contributed by atoms with Crippen LogP contribution in [0, 0.1) is 0 Å². The van der Waals surface area contributed by atoms with Crippen LogP contribution in [0.3, 0.4) is 0 Å². The molecule has 4 aromatic rings. The van der Waals surface area contributed by atoms with Crippen LogP contribution < -0.4 is 13.9 Å². The first-order valence-corrected chi connectivity index (χ1v) is 14.3. The van der Waals surface area contributed by atoms with Crippen molar-refractivity contribution in [1.82, 2.24) is 4.90 Å². The van der Waals surface area contributed by atoms with Crippen molar-refractivity contribution in [2.45, 2.75) is 11.4 Å². The van der Waals surface area contributed by atoms with E-state index in [1.807, 2.05) is 47.4 Å². The SMILES string of the molecule is COc1cccc(CN(c2ccc(C(=O)N3CCN(c4ccccc4)CC3)cc2)S(=O)(=O)c2ccccc2)c1. The highest BCUT2D eigenvalue weighted by atomic mass is 32.2. The number of carbonyl (C=O) groups is 1. The molecule has 7 nitrogen and oxygen atoms in total. The third-order valence-corrected chi connectivity index (χ3v) is 8.67. The Morgan fingerprint density at radius 2 is 1.44 bits per heavy atom. The molecule has 0 spiro atoms.